The largest absolute Gasteiger partial charge is 0.377 e. The van der Waals surface area contributed by atoms with Gasteiger partial charge in [-0.05, 0) is 37.1 Å². The summed E-state index contributed by atoms with van der Waals surface area (Å²) in [4.78, 5) is 17.6. The first-order valence-electron chi connectivity index (χ1n) is 8.25. The second-order valence-electron chi connectivity index (χ2n) is 5.95. The minimum atomic E-state index is -0.444. The summed E-state index contributed by atoms with van der Waals surface area (Å²) in [6.07, 6.45) is 2.21. The van der Waals surface area contributed by atoms with E-state index < -0.39 is 5.82 Å². The molecule has 1 atom stereocenters. The van der Waals surface area contributed by atoms with Crippen LogP contribution in [0.1, 0.15) is 12.8 Å². The molecule has 1 saturated heterocycles. The Labute approximate surface area is 148 Å². The first-order valence-corrected chi connectivity index (χ1v) is 9.24. The molecule has 0 aliphatic carbocycles. The van der Waals surface area contributed by atoms with Gasteiger partial charge in [0.1, 0.15) is 5.82 Å². The Morgan fingerprint density at radius 1 is 1.20 bits per heavy atom. The van der Waals surface area contributed by atoms with Gasteiger partial charge in [-0.2, -0.15) is 0 Å². The van der Waals surface area contributed by atoms with Crippen molar-refractivity contribution in [1.82, 2.24) is 9.55 Å². The normalized spacial score (nSPS) is 17.2. The lowest BCUT2D eigenvalue weighted by Gasteiger charge is -2.15. The van der Waals surface area contributed by atoms with Gasteiger partial charge in [-0.25, -0.2) is 9.37 Å². The Morgan fingerprint density at radius 2 is 2.00 bits per heavy atom. The zero-order chi connectivity index (χ0) is 17.2. The maximum Gasteiger partial charge on any atom is 0.266 e. The molecule has 128 valence electrons. The van der Waals surface area contributed by atoms with E-state index in [2.05, 4.69) is 4.98 Å². The zero-order valence-electron chi connectivity index (χ0n) is 13.5. The van der Waals surface area contributed by atoms with Gasteiger partial charge in [0, 0.05) is 12.4 Å². The molecule has 4 rings (SSSR count). The van der Waals surface area contributed by atoms with E-state index in [1.165, 1.54) is 22.4 Å². The van der Waals surface area contributed by atoms with Crippen molar-refractivity contribution in [2.24, 2.45) is 0 Å². The van der Waals surface area contributed by atoms with Crippen LogP contribution >= 0.6 is 11.8 Å². The van der Waals surface area contributed by atoms with Crippen LogP contribution in [0, 0.1) is 5.82 Å². The van der Waals surface area contributed by atoms with Gasteiger partial charge in [-0.15, -0.1) is 0 Å². The Morgan fingerprint density at radius 3 is 2.80 bits per heavy atom. The molecule has 6 heteroatoms. The number of hydrogen-bond donors (Lipinski definition) is 0. The molecule has 1 fully saturated rings. The van der Waals surface area contributed by atoms with Gasteiger partial charge in [-0.3, -0.25) is 9.36 Å². The molecule has 1 aliphatic rings. The summed E-state index contributed by atoms with van der Waals surface area (Å²) in [6, 6.07) is 13.4. The van der Waals surface area contributed by atoms with Crippen LogP contribution in [0.25, 0.3) is 16.6 Å². The highest BCUT2D eigenvalue weighted by atomic mass is 32.2. The van der Waals surface area contributed by atoms with Gasteiger partial charge in [0.25, 0.3) is 5.56 Å². The first kappa shape index (κ1) is 16.3. The lowest BCUT2D eigenvalue weighted by molar-refractivity contribution is 0.129. The van der Waals surface area contributed by atoms with E-state index >= 15 is 0 Å². The van der Waals surface area contributed by atoms with Gasteiger partial charge in [-0.1, -0.05) is 36.0 Å². The van der Waals surface area contributed by atoms with Crippen LogP contribution in [0.5, 0.6) is 0 Å². The third kappa shape index (κ3) is 3.19. The Bertz CT molecular complexity index is 967. The van der Waals surface area contributed by atoms with Crippen molar-refractivity contribution in [3.05, 3.63) is 64.7 Å². The van der Waals surface area contributed by atoms with Crippen LogP contribution in [0.3, 0.4) is 0 Å². The number of rotatable bonds is 4. The number of fused-ring (bicyclic) bond motifs is 1. The van der Waals surface area contributed by atoms with Gasteiger partial charge < -0.3 is 4.74 Å². The summed E-state index contributed by atoms with van der Waals surface area (Å²) in [5, 5.41) is 0.969. The molecule has 0 spiro atoms. The molecule has 0 amide bonds. The number of hydrogen-bond acceptors (Lipinski definition) is 4. The summed E-state index contributed by atoms with van der Waals surface area (Å²) in [7, 11) is 0. The smallest absolute Gasteiger partial charge is 0.266 e. The number of nitrogens with zero attached hydrogens (tertiary/aromatic N) is 2. The summed E-state index contributed by atoms with van der Waals surface area (Å²) in [5.74, 6) is 0.250. The minimum absolute atomic E-state index is 0.155. The standard InChI is InChI=1S/C19H17FN2O2S/c20-15-8-2-4-10-17(15)22-18(23)14-7-1-3-9-16(14)21-19(22)25-12-13-6-5-11-24-13/h1-4,7-10,13H,5-6,11-12H2/t13-/m0/s1. The second-order valence-corrected chi connectivity index (χ2v) is 6.94. The second kappa shape index (κ2) is 6.98. The Kier molecular flexibility index (Phi) is 4.55. The van der Waals surface area contributed by atoms with Crippen molar-refractivity contribution in [3.63, 3.8) is 0 Å². The maximum atomic E-state index is 14.4. The molecule has 2 aromatic carbocycles. The first-order chi connectivity index (χ1) is 12.2. The summed E-state index contributed by atoms with van der Waals surface area (Å²) in [5.41, 5.74) is 0.584. The summed E-state index contributed by atoms with van der Waals surface area (Å²) < 4.78 is 21.4. The van der Waals surface area contributed by atoms with E-state index in [4.69, 9.17) is 4.74 Å². The SMILES string of the molecule is O=c1c2ccccc2nc(SC[C@@H]2CCCO2)n1-c1ccccc1F. The van der Waals surface area contributed by atoms with Crippen LogP contribution in [-0.4, -0.2) is 28.0 Å². The Hall–Kier alpha value is -2.18. The number of aromatic nitrogens is 2. The number of ether oxygens (including phenoxy) is 1. The third-order valence-corrected chi connectivity index (χ3v) is 5.33. The highest BCUT2D eigenvalue weighted by molar-refractivity contribution is 7.99. The quantitative estimate of drug-likeness (QED) is 0.527. The van der Waals surface area contributed by atoms with Crippen molar-refractivity contribution < 1.29 is 9.13 Å². The lowest BCUT2D eigenvalue weighted by atomic mass is 10.2. The van der Waals surface area contributed by atoms with E-state index in [0.29, 0.717) is 21.8 Å². The van der Waals surface area contributed by atoms with Crippen molar-refractivity contribution in [2.45, 2.75) is 24.1 Å². The van der Waals surface area contributed by atoms with Crippen molar-refractivity contribution in [3.8, 4) is 5.69 Å². The monoisotopic (exact) mass is 356 g/mol. The van der Waals surface area contributed by atoms with E-state index in [0.717, 1.165) is 19.4 Å². The molecular weight excluding hydrogens is 339 g/mol. The fourth-order valence-electron chi connectivity index (χ4n) is 3.00. The summed E-state index contributed by atoms with van der Waals surface area (Å²) in [6.45, 7) is 0.774. The fraction of sp³-hybridized carbons (Fsp3) is 0.263. The van der Waals surface area contributed by atoms with Crippen LogP contribution in [0.4, 0.5) is 4.39 Å². The van der Waals surface area contributed by atoms with E-state index in [-0.39, 0.29) is 17.4 Å². The van der Waals surface area contributed by atoms with Crippen LogP contribution in [0.2, 0.25) is 0 Å². The fourth-order valence-corrected chi connectivity index (χ4v) is 4.07. The van der Waals surface area contributed by atoms with Gasteiger partial charge in [0.15, 0.2) is 5.16 Å². The maximum absolute atomic E-state index is 14.4. The molecule has 3 aromatic rings. The molecule has 0 unspecified atom stereocenters. The Balaban J connectivity index is 1.85. The van der Waals surface area contributed by atoms with Gasteiger partial charge in [0.05, 0.1) is 22.7 Å². The molecule has 1 aliphatic heterocycles. The lowest BCUT2D eigenvalue weighted by Crippen LogP contribution is -2.23. The zero-order valence-corrected chi connectivity index (χ0v) is 14.3. The van der Waals surface area contributed by atoms with Crippen molar-refractivity contribution in [2.75, 3.05) is 12.4 Å². The predicted octanol–water partition coefficient (Wildman–Crippen LogP) is 3.80. The molecule has 0 bridgehead atoms. The van der Waals surface area contributed by atoms with Crippen molar-refractivity contribution >= 4 is 22.7 Å². The van der Waals surface area contributed by atoms with Crippen LogP contribution in [0.15, 0.2) is 58.5 Å². The molecule has 1 aromatic heterocycles. The average molecular weight is 356 g/mol. The number of thioether (sulfide) groups is 1. The molecule has 2 heterocycles. The van der Waals surface area contributed by atoms with E-state index in [1.807, 2.05) is 6.07 Å². The highest BCUT2D eigenvalue weighted by Crippen LogP contribution is 2.26. The van der Waals surface area contributed by atoms with E-state index in [9.17, 15) is 9.18 Å². The molecular formula is C19H17FN2O2S. The predicted molar refractivity (Wildman–Crippen MR) is 97.0 cm³/mol. The minimum Gasteiger partial charge on any atom is -0.377 e. The molecule has 25 heavy (non-hydrogen) atoms. The molecule has 0 radical (unpaired) electrons. The number of para-hydroxylation sites is 2. The summed E-state index contributed by atoms with van der Waals surface area (Å²) >= 11 is 1.44. The average Bonchev–Trinajstić information content (AvgIpc) is 3.15. The van der Waals surface area contributed by atoms with Gasteiger partial charge >= 0.3 is 0 Å². The number of halogens is 1. The number of benzene rings is 2. The highest BCUT2D eigenvalue weighted by Gasteiger charge is 2.20. The third-order valence-electron chi connectivity index (χ3n) is 4.26. The molecule has 4 nitrogen and oxygen atoms in total. The van der Waals surface area contributed by atoms with Crippen molar-refractivity contribution in [1.29, 1.82) is 0 Å². The van der Waals surface area contributed by atoms with Crippen LogP contribution < -0.4 is 5.56 Å². The topological polar surface area (TPSA) is 44.1 Å². The molecule has 0 N–H and O–H groups in total. The van der Waals surface area contributed by atoms with Crippen LogP contribution in [-0.2, 0) is 4.74 Å². The molecule has 0 saturated carbocycles. The van der Waals surface area contributed by atoms with Gasteiger partial charge in [0.2, 0.25) is 0 Å². The van der Waals surface area contributed by atoms with E-state index in [1.54, 1.807) is 36.4 Å².